The first-order valence-corrected chi connectivity index (χ1v) is 8.84. The van der Waals surface area contributed by atoms with Crippen molar-refractivity contribution in [2.45, 2.75) is 25.5 Å². The lowest BCUT2D eigenvalue weighted by Crippen LogP contribution is -2.16. The van der Waals surface area contributed by atoms with Gasteiger partial charge in [0.05, 0.1) is 22.9 Å². The first kappa shape index (κ1) is 20.5. The molecule has 3 rings (SSSR count). The number of amides is 1. The van der Waals surface area contributed by atoms with E-state index in [2.05, 4.69) is 15.0 Å². The number of aromatic nitrogens is 2. The number of anilines is 1. The van der Waals surface area contributed by atoms with Crippen LogP contribution in [-0.4, -0.2) is 32.1 Å². The molecule has 2 N–H and O–H groups in total. The second-order valence-corrected chi connectivity index (χ2v) is 6.91. The topological polar surface area (TPSA) is 93.5 Å². The zero-order valence-corrected chi connectivity index (χ0v) is 16.1. The number of hydrogen-bond donors (Lipinski definition) is 2. The number of carboxylic acids is 1. The summed E-state index contributed by atoms with van der Waals surface area (Å²) >= 11 is 4.70. The number of alkyl halides is 3. The van der Waals surface area contributed by atoms with Gasteiger partial charge in [-0.15, -0.1) is 8.78 Å². The molecule has 152 valence electrons. The molecular weight excluding hydrogens is 408 g/mol. The smallest absolute Gasteiger partial charge is 0.478 e. The van der Waals surface area contributed by atoms with Gasteiger partial charge in [0.2, 0.25) is 0 Å². The maximum absolute atomic E-state index is 12.6. The minimum atomic E-state index is -3.84. The number of carboxylic acid groups (broad SMARTS) is 1. The van der Waals surface area contributed by atoms with Gasteiger partial charge < -0.3 is 19.7 Å². The Morgan fingerprint density at radius 1 is 1.24 bits per heavy atom. The van der Waals surface area contributed by atoms with Gasteiger partial charge in [0.25, 0.3) is 5.91 Å². The second kappa shape index (κ2) is 7.67. The number of imidazole rings is 1. The third-order valence-corrected chi connectivity index (χ3v) is 4.14. The quantitative estimate of drug-likeness (QED) is 0.559. The van der Waals surface area contributed by atoms with Crippen LogP contribution < -0.4 is 10.1 Å². The molecule has 10 heteroatoms. The summed E-state index contributed by atoms with van der Waals surface area (Å²) in [6.07, 6.45) is 1.52. The molecule has 0 bridgehead atoms. The largest absolute Gasteiger partial charge is 0.487 e. The monoisotopic (exact) mass is 423 g/mol. The van der Waals surface area contributed by atoms with Crippen LogP contribution in [0.2, 0.25) is 0 Å². The van der Waals surface area contributed by atoms with Gasteiger partial charge in [-0.2, -0.15) is 0 Å². The third kappa shape index (κ3) is 4.62. The van der Waals surface area contributed by atoms with E-state index in [0.717, 1.165) is 0 Å². The molecule has 0 aliphatic rings. The second-order valence-electron chi connectivity index (χ2n) is 6.47. The number of nitrogens with zero attached hydrogens (tertiary/aromatic N) is 2. The van der Waals surface area contributed by atoms with Crippen molar-refractivity contribution in [3.8, 4) is 5.75 Å². The van der Waals surface area contributed by atoms with Gasteiger partial charge in [0, 0.05) is 28.9 Å². The molecule has 0 aliphatic heterocycles. The molecule has 0 atom stereocenters. The van der Waals surface area contributed by atoms with Crippen LogP contribution in [0.25, 0.3) is 11.0 Å². The molecule has 0 radical (unpaired) electrons. The van der Waals surface area contributed by atoms with Crippen molar-refractivity contribution in [1.29, 1.82) is 0 Å². The molecule has 0 saturated carbocycles. The number of halogens is 3. The molecule has 0 fully saturated rings. The standard InChI is InChI=1S/C19H16ClF2N3O4/c1-10(2)25-9-23-15-8-11(7-14(16(15)25)18(27)28)17(26)24-12-3-5-13(6-4-12)29-19(20,21)22/h3-10H,1-2H3,(H,24,26)(H,27,28). The van der Waals surface area contributed by atoms with Crippen LogP contribution in [0.15, 0.2) is 42.7 Å². The fourth-order valence-electron chi connectivity index (χ4n) is 2.80. The van der Waals surface area contributed by atoms with Gasteiger partial charge in [-0.1, -0.05) is 0 Å². The van der Waals surface area contributed by atoms with E-state index < -0.39 is 17.4 Å². The van der Waals surface area contributed by atoms with Crippen molar-refractivity contribution >= 4 is 40.2 Å². The third-order valence-electron chi connectivity index (χ3n) is 4.06. The molecule has 1 amide bonds. The summed E-state index contributed by atoms with van der Waals surface area (Å²) in [4.78, 5) is 28.5. The number of fused-ring (bicyclic) bond motifs is 1. The Balaban J connectivity index is 1.88. The van der Waals surface area contributed by atoms with Gasteiger partial charge in [0.15, 0.2) is 0 Å². The summed E-state index contributed by atoms with van der Waals surface area (Å²) in [6.45, 7) is 3.78. The van der Waals surface area contributed by atoms with Crippen molar-refractivity contribution < 1.29 is 28.2 Å². The fraction of sp³-hybridized carbons (Fsp3) is 0.211. The lowest BCUT2D eigenvalue weighted by Gasteiger charge is -2.12. The number of benzene rings is 2. The fourth-order valence-corrected chi connectivity index (χ4v) is 2.89. The normalized spacial score (nSPS) is 11.7. The summed E-state index contributed by atoms with van der Waals surface area (Å²) in [5.41, 5.74) is -2.70. The molecule has 1 heterocycles. The van der Waals surface area contributed by atoms with Crippen molar-refractivity contribution in [3.05, 3.63) is 53.9 Å². The van der Waals surface area contributed by atoms with Crippen LogP contribution in [0.4, 0.5) is 14.5 Å². The number of carbonyl (C=O) groups excluding carboxylic acids is 1. The zero-order chi connectivity index (χ0) is 21.3. The van der Waals surface area contributed by atoms with Crippen LogP contribution >= 0.6 is 11.6 Å². The maximum Gasteiger partial charge on any atom is 0.487 e. The van der Waals surface area contributed by atoms with E-state index in [1.165, 1.54) is 42.7 Å². The van der Waals surface area contributed by atoms with Crippen molar-refractivity contribution in [1.82, 2.24) is 9.55 Å². The Morgan fingerprint density at radius 2 is 1.90 bits per heavy atom. The molecule has 2 aromatic carbocycles. The first-order valence-electron chi connectivity index (χ1n) is 8.46. The van der Waals surface area contributed by atoms with E-state index in [1.807, 2.05) is 13.8 Å². The SMILES string of the molecule is CC(C)n1cnc2cc(C(=O)Nc3ccc(OC(F)(F)Cl)cc3)cc(C(=O)O)c21. The first-order chi connectivity index (χ1) is 13.5. The predicted molar refractivity (Wildman–Crippen MR) is 103 cm³/mol. The van der Waals surface area contributed by atoms with E-state index in [4.69, 9.17) is 11.6 Å². The van der Waals surface area contributed by atoms with Crippen LogP contribution in [0, 0.1) is 0 Å². The Morgan fingerprint density at radius 3 is 2.45 bits per heavy atom. The highest BCUT2D eigenvalue weighted by molar-refractivity contribution is 6.20. The molecule has 29 heavy (non-hydrogen) atoms. The van der Waals surface area contributed by atoms with Gasteiger partial charge >= 0.3 is 11.5 Å². The Labute approximate surface area is 168 Å². The number of carbonyl (C=O) groups is 2. The van der Waals surface area contributed by atoms with Crippen LogP contribution in [0.5, 0.6) is 5.75 Å². The average molecular weight is 424 g/mol. The molecule has 0 spiro atoms. The minimum absolute atomic E-state index is 0.0149. The summed E-state index contributed by atoms with van der Waals surface area (Å²) in [7, 11) is 0. The Kier molecular flexibility index (Phi) is 5.43. The number of hydrogen-bond acceptors (Lipinski definition) is 4. The van der Waals surface area contributed by atoms with Crippen LogP contribution in [0.3, 0.4) is 0 Å². The van der Waals surface area contributed by atoms with Crippen LogP contribution in [0.1, 0.15) is 40.6 Å². The van der Waals surface area contributed by atoms with Gasteiger partial charge in [-0.05, 0) is 50.2 Å². The van der Waals surface area contributed by atoms with E-state index >= 15 is 0 Å². The molecule has 0 unspecified atom stereocenters. The average Bonchev–Trinajstić information content (AvgIpc) is 3.05. The minimum Gasteiger partial charge on any atom is -0.478 e. The van der Waals surface area contributed by atoms with E-state index in [-0.39, 0.29) is 22.9 Å². The number of ether oxygens (including phenoxy) is 1. The Bertz CT molecular complexity index is 1080. The molecule has 7 nitrogen and oxygen atoms in total. The maximum atomic E-state index is 12.6. The summed E-state index contributed by atoms with van der Waals surface area (Å²) in [5.74, 6) is -1.95. The van der Waals surface area contributed by atoms with E-state index in [0.29, 0.717) is 16.7 Å². The Hall–Kier alpha value is -3.20. The van der Waals surface area contributed by atoms with Gasteiger partial charge in [-0.25, -0.2) is 9.78 Å². The summed E-state index contributed by atoms with van der Waals surface area (Å²) < 4.78 is 31.2. The highest BCUT2D eigenvalue weighted by atomic mass is 35.5. The van der Waals surface area contributed by atoms with Crippen LogP contribution in [-0.2, 0) is 0 Å². The highest BCUT2D eigenvalue weighted by Gasteiger charge is 2.27. The van der Waals surface area contributed by atoms with Crippen molar-refractivity contribution in [2.24, 2.45) is 0 Å². The van der Waals surface area contributed by atoms with Gasteiger partial charge in [-0.3, -0.25) is 4.79 Å². The summed E-state index contributed by atoms with van der Waals surface area (Å²) in [6, 6.07) is 7.86. The molecule has 3 aromatic rings. The highest BCUT2D eigenvalue weighted by Crippen LogP contribution is 2.27. The van der Waals surface area contributed by atoms with E-state index in [9.17, 15) is 23.5 Å². The number of rotatable bonds is 6. The molecular formula is C19H16ClF2N3O4. The zero-order valence-electron chi connectivity index (χ0n) is 15.3. The van der Waals surface area contributed by atoms with Gasteiger partial charge in [0.1, 0.15) is 5.75 Å². The molecule has 0 saturated heterocycles. The molecule has 1 aromatic heterocycles. The number of nitrogens with one attached hydrogen (secondary N) is 1. The van der Waals surface area contributed by atoms with Crippen molar-refractivity contribution in [2.75, 3.05) is 5.32 Å². The van der Waals surface area contributed by atoms with E-state index in [1.54, 1.807) is 4.57 Å². The summed E-state index contributed by atoms with van der Waals surface area (Å²) in [5, 5.41) is 12.1. The number of aromatic carboxylic acids is 1. The molecule has 0 aliphatic carbocycles. The van der Waals surface area contributed by atoms with Crippen molar-refractivity contribution in [3.63, 3.8) is 0 Å². The lowest BCUT2D eigenvalue weighted by molar-refractivity contribution is -0.0964. The lowest BCUT2D eigenvalue weighted by atomic mass is 10.1. The predicted octanol–water partition coefficient (Wildman–Crippen LogP) is 4.74.